The summed E-state index contributed by atoms with van der Waals surface area (Å²) in [6.07, 6.45) is 3.15. The van der Waals surface area contributed by atoms with E-state index >= 15 is 0 Å². The van der Waals surface area contributed by atoms with Gasteiger partial charge in [0, 0.05) is 24.2 Å². The number of rotatable bonds is 5. The van der Waals surface area contributed by atoms with E-state index in [1.165, 1.54) is 0 Å². The van der Waals surface area contributed by atoms with Gasteiger partial charge >= 0.3 is 0 Å². The number of hydrogen-bond donors (Lipinski definition) is 1. The van der Waals surface area contributed by atoms with Crippen LogP contribution in [0.5, 0.6) is 5.75 Å². The second-order valence-electron chi connectivity index (χ2n) is 3.44. The molecule has 0 aliphatic rings. The zero-order valence-corrected chi connectivity index (χ0v) is 9.28. The van der Waals surface area contributed by atoms with E-state index in [-0.39, 0.29) is 11.7 Å². The SMILES string of the molecule is CNCC(C)C(=O)c1cncc(OC)c1. The number of hydrogen-bond acceptors (Lipinski definition) is 4. The molecular weight excluding hydrogens is 192 g/mol. The molecule has 4 heteroatoms. The molecule has 0 spiro atoms. The standard InChI is InChI=1S/C11H16N2O2/c1-8(5-12-2)11(14)9-4-10(15-3)7-13-6-9/h4,6-8,12H,5H2,1-3H3. The maximum Gasteiger partial charge on any atom is 0.168 e. The van der Waals surface area contributed by atoms with Crippen LogP contribution in [0.25, 0.3) is 0 Å². The number of aromatic nitrogens is 1. The maximum atomic E-state index is 11.9. The third-order valence-corrected chi connectivity index (χ3v) is 2.19. The van der Waals surface area contributed by atoms with Crippen LogP contribution in [0.1, 0.15) is 17.3 Å². The lowest BCUT2D eigenvalue weighted by Gasteiger charge is -2.09. The minimum absolute atomic E-state index is 0.0519. The van der Waals surface area contributed by atoms with E-state index in [1.54, 1.807) is 25.6 Å². The zero-order valence-electron chi connectivity index (χ0n) is 9.28. The first-order valence-electron chi connectivity index (χ1n) is 4.87. The first kappa shape index (κ1) is 11.7. The van der Waals surface area contributed by atoms with Crippen molar-refractivity contribution in [1.29, 1.82) is 0 Å². The molecule has 1 N–H and O–H groups in total. The number of carbonyl (C=O) groups excluding carboxylic acids is 1. The monoisotopic (exact) mass is 208 g/mol. The van der Waals surface area contributed by atoms with Crippen molar-refractivity contribution < 1.29 is 9.53 Å². The van der Waals surface area contributed by atoms with Gasteiger partial charge in [0.15, 0.2) is 5.78 Å². The fraction of sp³-hybridized carbons (Fsp3) is 0.455. The van der Waals surface area contributed by atoms with Gasteiger partial charge in [-0.2, -0.15) is 0 Å². The van der Waals surface area contributed by atoms with Crippen molar-refractivity contribution in [3.8, 4) is 5.75 Å². The lowest BCUT2D eigenvalue weighted by Crippen LogP contribution is -2.23. The summed E-state index contributed by atoms with van der Waals surface area (Å²) < 4.78 is 5.01. The van der Waals surface area contributed by atoms with Crippen molar-refractivity contribution in [2.24, 2.45) is 5.92 Å². The highest BCUT2D eigenvalue weighted by atomic mass is 16.5. The lowest BCUT2D eigenvalue weighted by molar-refractivity contribution is 0.0929. The number of Topliss-reactive ketones (excluding diaryl/α,β-unsaturated/α-hetero) is 1. The summed E-state index contributed by atoms with van der Waals surface area (Å²) in [7, 11) is 3.38. The average Bonchev–Trinajstić information content (AvgIpc) is 2.28. The van der Waals surface area contributed by atoms with Crippen molar-refractivity contribution in [2.45, 2.75) is 6.92 Å². The summed E-state index contributed by atoms with van der Waals surface area (Å²) in [5.41, 5.74) is 0.595. The molecule has 0 amide bonds. The predicted octanol–water partition coefficient (Wildman–Crippen LogP) is 1.13. The van der Waals surface area contributed by atoms with Crippen molar-refractivity contribution in [2.75, 3.05) is 20.7 Å². The third kappa shape index (κ3) is 3.02. The molecule has 0 aromatic carbocycles. The molecule has 82 valence electrons. The molecule has 1 rings (SSSR count). The Morgan fingerprint density at radius 1 is 1.60 bits per heavy atom. The predicted molar refractivity (Wildman–Crippen MR) is 58.2 cm³/mol. The van der Waals surface area contributed by atoms with Gasteiger partial charge in [0.25, 0.3) is 0 Å². The summed E-state index contributed by atoms with van der Waals surface area (Å²) >= 11 is 0. The van der Waals surface area contributed by atoms with E-state index in [4.69, 9.17) is 4.74 Å². The Bertz CT molecular complexity index is 339. The Kier molecular flexibility index (Phi) is 4.24. The molecule has 1 aromatic rings. The first-order valence-corrected chi connectivity index (χ1v) is 4.87. The van der Waals surface area contributed by atoms with Gasteiger partial charge in [-0.15, -0.1) is 0 Å². The van der Waals surface area contributed by atoms with Crippen LogP contribution < -0.4 is 10.1 Å². The molecule has 0 radical (unpaired) electrons. The molecule has 0 fully saturated rings. The number of carbonyl (C=O) groups is 1. The molecule has 0 bridgehead atoms. The summed E-state index contributed by atoms with van der Waals surface area (Å²) in [5.74, 6) is 0.636. The van der Waals surface area contributed by atoms with E-state index in [0.717, 1.165) is 0 Å². The van der Waals surface area contributed by atoms with Gasteiger partial charge in [0.2, 0.25) is 0 Å². The molecule has 1 aromatic heterocycles. The quantitative estimate of drug-likeness (QED) is 0.737. The normalized spacial score (nSPS) is 12.2. The number of pyridine rings is 1. The Labute approximate surface area is 89.7 Å². The summed E-state index contributed by atoms with van der Waals surface area (Å²) in [4.78, 5) is 15.8. The summed E-state index contributed by atoms with van der Waals surface area (Å²) in [6.45, 7) is 2.55. The largest absolute Gasteiger partial charge is 0.495 e. The van der Waals surface area contributed by atoms with E-state index in [2.05, 4.69) is 10.3 Å². The van der Waals surface area contributed by atoms with Crippen LogP contribution in [0.4, 0.5) is 0 Å². The van der Waals surface area contributed by atoms with E-state index < -0.39 is 0 Å². The Morgan fingerprint density at radius 2 is 2.33 bits per heavy atom. The van der Waals surface area contributed by atoms with Crippen molar-refractivity contribution >= 4 is 5.78 Å². The van der Waals surface area contributed by atoms with Crippen LogP contribution in [0.15, 0.2) is 18.5 Å². The second-order valence-corrected chi connectivity index (χ2v) is 3.44. The average molecular weight is 208 g/mol. The van der Waals surface area contributed by atoms with Gasteiger partial charge in [-0.05, 0) is 13.1 Å². The maximum absolute atomic E-state index is 11.9. The second kappa shape index (κ2) is 5.46. The minimum atomic E-state index is -0.0519. The molecule has 0 saturated heterocycles. The Hall–Kier alpha value is -1.42. The van der Waals surface area contributed by atoms with E-state index in [1.807, 2.05) is 14.0 Å². The van der Waals surface area contributed by atoms with E-state index in [9.17, 15) is 4.79 Å². The van der Waals surface area contributed by atoms with Crippen LogP contribution in [0.2, 0.25) is 0 Å². The molecule has 1 heterocycles. The van der Waals surface area contributed by atoms with Gasteiger partial charge in [0.1, 0.15) is 5.75 Å². The van der Waals surface area contributed by atoms with Gasteiger partial charge in [-0.3, -0.25) is 9.78 Å². The van der Waals surface area contributed by atoms with Crippen LogP contribution in [0, 0.1) is 5.92 Å². The van der Waals surface area contributed by atoms with Gasteiger partial charge in [-0.25, -0.2) is 0 Å². The molecule has 0 saturated carbocycles. The molecular formula is C11H16N2O2. The van der Waals surface area contributed by atoms with Crippen LogP contribution in [0.3, 0.4) is 0 Å². The summed E-state index contributed by atoms with van der Waals surface area (Å²) in [6, 6.07) is 1.71. The zero-order chi connectivity index (χ0) is 11.3. The van der Waals surface area contributed by atoms with Crippen molar-refractivity contribution in [3.63, 3.8) is 0 Å². The lowest BCUT2D eigenvalue weighted by atomic mass is 10.0. The number of methoxy groups -OCH3 is 1. The molecule has 1 unspecified atom stereocenters. The van der Waals surface area contributed by atoms with Crippen LogP contribution in [-0.2, 0) is 0 Å². The first-order chi connectivity index (χ1) is 7.19. The van der Waals surface area contributed by atoms with E-state index in [0.29, 0.717) is 17.9 Å². The number of nitrogens with one attached hydrogen (secondary N) is 1. The van der Waals surface area contributed by atoms with Gasteiger partial charge < -0.3 is 10.1 Å². The molecule has 4 nitrogen and oxygen atoms in total. The fourth-order valence-electron chi connectivity index (χ4n) is 1.35. The van der Waals surface area contributed by atoms with Gasteiger partial charge in [-0.1, -0.05) is 6.92 Å². The minimum Gasteiger partial charge on any atom is -0.495 e. The summed E-state index contributed by atoms with van der Waals surface area (Å²) in [5, 5.41) is 2.97. The highest BCUT2D eigenvalue weighted by molar-refractivity contribution is 5.97. The Balaban J connectivity index is 2.81. The topological polar surface area (TPSA) is 51.2 Å². The van der Waals surface area contributed by atoms with Crippen molar-refractivity contribution in [3.05, 3.63) is 24.0 Å². The molecule has 0 aliphatic heterocycles. The highest BCUT2D eigenvalue weighted by Gasteiger charge is 2.15. The molecule has 0 aliphatic carbocycles. The molecule has 15 heavy (non-hydrogen) atoms. The van der Waals surface area contributed by atoms with Crippen molar-refractivity contribution in [1.82, 2.24) is 10.3 Å². The van der Waals surface area contributed by atoms with Gasteiger partial charge in [0.05, 0.1) is 13.3 Å². The fourth-order valence-corrected chi connectivity index (χ4v) is 1.35. The highest BCUT2D eigenvalue weighted by Crippen LogP contribution is 2.13. The van der Waals surface area contributed by atoms with Crippen LogP contribution >= 0.6 is 0 Å². The number of ketones is 1. The van der Waals surface area contributed by atoms with Crippen LogP contribution in [-0.4, -0.2) is 31.5 Å². The number of nitrogens with zero attached hydrogens (tertiary/aromatic N) is 1. The molecule has 1 atom stereocenters. The smallest absolute Gasteiger partial charge is 0.168 e. The third-order valence-electron chi connectivity index (χ3n) is 2.19. The Morgan fingerprint density at radius 3 is 2.93 bits per heavy atom. The number of ether oxygens (including phenoxy) is 1.